The lowest BCUT2D eigenvalue weighted by molar-refractivity contribution is 0.410. The predicted octanol–water partition coefficient (Wildman–Crippen LogP) is 4.04. The van der Waals surface area contributed by atoms with Gasteiger partial charge in [0.25, 0.3) is 0 Å². The van der Waals surface area contributed by atoms with Gasteiger partial charge in [-0.1, -0.05) is 23.2 Å². The van der Waals surface area contributed by atoms with Crippen LogP contribution in [0.1, 0.15) is 31.2 Å². The quantitative estimate of drug-likeness (QED) is 0.594. The fourth-order valence-corrected chi connectivity index (χ4v) is 4.47. The number of aromatic nitrogens is 4. The third-order valence-corrected chi connectivity index (χ3v) is 6.36. The summed E-state index contributed by atoms with van der Waals surface area (Å²) in [7, 11) is 0. The predicted molar refractivity (Wildman–Crippen MR) is 113 cm³/mol. The summed E-state index contributed by atoms with van der Waals surface area (Å²) in [5.41, 5.74) is 9.67. The highest BCUT2D eigenvalue weighted by Gasteiger charge is 2.27. The number of rotatable bonds is 3. The van der Waals surface area contributed by atoms with Gasteiger partial charge in [-0.3, -0.25) is 0 Å². The van der Waals surface area contributed by atoms with Gasteiger partial charge in [0.15, 0.2) is 17.0 Å². The minimum atomic E-state index is 0.308. The molecule has 0 amide bonds. The van der Waals surface area contributed by atoms with Crippen molar-refractivity contribution in [2.45, 2.75) is 44.2 Å². The molecule has 1 aliphatic heterocycles. The molecule has 28 heavy (non-hydrogen) atoms. The normalized spacial score (nSPS) is 21.9. The van der Waals surface area contributed by atoms with Crippen LogP contribution in [0, 0.1) is 0 Å². The first-order valence-electron chi connectivity index (χ1n) is 9.57. The number of hydrogen-bond acceptors (Lipinski definition) is 6. The van der Waals surface area contributed by atoms with Crippen molar-refractivity contribution in [1.82, 2.24) is 19.9 Å². The van der Waals surface area contributed by atoms with Crippen molar-refractivity contribution in [3.8, 4) is 0 Å². The summed E-state index contributed by atoms with van der Waals surface area (Å²) in [6.45, 7) is 0.794. The maximum Gasteiger partial charge on any atom is 0.227 e. The molecule has 1 aromatic carbocycles. The number of imidazole rings is 1. The molecule has 0 spiro atoms. The average molecular weight is 418 g/mol. The van der Waals surface area contributed by atoms with Crippen LogP contribution in [0.25, 0.3) is 11.2 Å². The van der Waals surface area contributed by atoms with E-state index in [1.54, 1.807) is 6.33 Å². The summed E-state index contributed by atoms with van der Waals surface area (Å²) in [6.07, 6.45) is 6.64. The van der Waals surface area contributed by atoms with Gasteiger partial charge >= 0.3 is 0 Å². The van der Waals surface area contributed by atoms with E-state index in [-0.39, 0.29) is 0 Å². The lowest BCUT2D eigenvalue weighted by Gasteiger charge is -2.27. The fraction of sp³-hybridized carbons (Fsp3) is 0.421. The summed E-state index contributed by atoms with van der Waals surface area (Å²) in [5.74, 6) is 1.39. The van der Waals surface area contributed by atoms with Crippen LogP contribution in [-0.2, 0) is 6.42 Å². The van der Waals surface area contributed by atoms with E-state index in [1.165, 1.54) is 0 Å². The molecule has 1 fully saturated rings. The summed E-state index contributed by atoms with van der Waals surface area (Å²) in [6, 6.07) is 4.49. The second kappa shape index (κ2) is 7.06. The summed E-state index contributed by atoms with van der Waals surface area (Å²) in [4.78, 5) is 19.2. The zero-order valence-electron chi connectivity index (χ0n) is 15.3. The van der Waals surface area contributed by atoms with E-state index >= 15 is 0 Å². The molecule has 3 aromatic rings. The fourth-order valence-electron chi connectivity index (χ4n) is 4.12. The number of H-pyrrole nitrogens is 1. The lowest BCUT2D eigenvalue weighted by atomic mass is 9.92. The topological polar surface area (TPSA) is 95.7 Å². The molecule has 2 aromatic heterocycles. The number of aromatic amines is 1. The zero-order chi connectivity index (χ0) is 19.3. The monoisotopic (exact) mass is 417 g/mol. The van der Waals surface area contributed by atoms with Crippen molar-refractivity contribution < 1.29 is 0 Å². The Labute approximate surface area is 172 Å². The van der Waals surface area contributed by atoms with Gasteiger partial charge in [-0.2, -0.15) is 9.97 Å². The van der Waals surface area contributed by atoms with Crippen LogP contribution < -0.4 is 16.0 Å². The van der Waals surface area contributed by atoms with E-state index in [2.05, 4.69) is 25.2 Å². The van der Waals surface area contributed by atoms with Crippen LogP contribution in [0.2, 0.25) is 10.0 Å². The summed E-state index contributed by atoms with van der Waals surface area (Å²) < 4.78 is 0. The lowest BCUT2D eigenvalue weighted by Crippen LogP contribution is -2.33. The molecule has 3 heterocycles. The minimum absolute atomic E-state index is 0.308. The Balaban J connectivity index is 1.52. The highest BCUT2D eigenvalue weighted by atomic mass is 35.5. The van der Waals surface area contributed by atoms with Crippen molar-refractivity contribution in [2.75, 3.05) is 16.8 Å². The summed E-state index contributed by atoms with van der Waals surface area (Å²) in [5, 5.41) is 4.61. The van der Waals surface area contributed by atoms with Gasteiger partial charge in [0.05, 0.1) is 16.4 Å². The van der Waals surface area contributed by atoms with Gasteiger partial charge < -0.3 is 20.9 Å². The van der Waals surface area contributed by atoms with Gasteiger partial charge in [-0.05, 0) is 49.8 Å². The molecule has 146 valence electrons. The summed E-state index contributed by atoms with van der Waals surface area (Å²) >= 11 is 12.5. The van der Waals surface area contributed by atoms with Crippen LogP contribution >= 0.6 is 23.2 Å². The maximum atomic E-state index is 6.28. The van der Waals surface area contributed by atoms with Crippen LogP contribution in [0.15, 0.2) is 18.5 Å². The number of nitrogens with zero attached hydrogens (tertiary/aromatic N) is 4. The molecule has 7 nitrogen and oxygen atoms in total. The Bertz CT molecular complexity index is 1030. The molecule has 0 saturated heterocycles. The highest BCUT2D eigenvalue weighted by Crippen LogP contribution is 2.40. The second-order valence-electron chi connectivity index (χ2n) is 7.52. The van der Waals surface area contributed by atoms with E-state index < -0.39 is 0 Å². The van der Waals surface area contributed by atoms with Crippen LogP contribution in [-0.4, -0.2) is 38.6 Å². The third kappa shape index (κ3) is 3.17. The first-order chi connectivity index (χ1) is 13.6. The Morgan fingerprint density at radius 2 is 1.89 bits per heavy atom. The molecule has 9 heteroatoms. The van der Waals surface area contributed by atoms with Gasteiger partial charge in [0.2, 0.25) is 5.95 Å². The zero-order valence-corrected chi connectivity index (χ0v) is 16.8. The molecule has 0 bridgehead atoms. The number of hydrogen-bond donors (Lipinski definition) is 3. The van der Waals surface area contributed by atoms with Gasteiger partial charge in [0.1, 0.15) is 0 Å². The van der Waals surface area contributed by atoms with Crippen molar-refractivity contribution >= 4 is 51.8 Å². The molecular weight excluding hydrogens is 397 g/mol. The van der Waals surface area contributed by atoms with Crippen LogP contribution in [0.5, 0.6) is 0 Å². The second-order valence-corrected chi connectivity index (χ2v) is 8.34. The Morgan fingerprint density at radius 1 is 1.11 bits per heavy atom. The number of nitrogens with two attached hydrogens (primary N) is 1. The number of halogens is 2. The van der Waals surface area contributed by atoms with E-state index in [0.717, 1.165) is 61.2 Å². The average Bonchev–Trinajstić information content (AvgIpc) is 3.30. The molecular formula is C19H21Cl2N7. The standard InChI is InChI=1S/C19H21Cl2N7/c20-13-7-10-5-6-28(15(10)8-14(13)21)18-16-17(24-9-23-16)26-19(27-18)25-12-3-1-11(22)2-4-12/h7-9,11-12H,1-6,22H2,(H2,23,24,25,26,27). The molecule has 0 radical (unpaired) electrons. The van der Waals surface area contributed by atoms with Crippen molar-refractivity contribution in [3.05, 3.63) is 34.1 Å². The Kier molecular flexibility index (Phi) is 4.53. The van der Waals surface area contributed by atoms with E-state index in [0.29, 0.717) is 33.7 Å². The number of nitrogens with one attached hydrogen (secondary N) is 2. The first kappa shape index (κ1) is 18.0. The van der Waals surface area contributed by atoms with Gasteiger partial charge in [-0.15, -0.1) is 0 Å². The number of anilines is 3. The Morgan fingerprint density at radius 3 is 2.71 bits per heavy atom. The van der Waals surface area contributed by atoms with Gasteiger partial charge in [-0.25, -0.2) is 4.98 Å². The smallest absolute Gasteiger partial charge is 0.227 e. The minimum Gasteiger partial charge on any atom is -0.351 e. The van der Waals surface area contributed by atoms with Gasteiger partial charge in [0, 0.05) is 24.3 Å². The van der Waals surface area contributed by atoms with E-state index in [4.69, 9.17) is 33.9 Å². The highest BCUT2D eigenvalue weighted by molar-refractivity contribution is 6.42. The van der Waals surface area contributed by atoms with Crippen molar-refractivity contribution in [3.63, 3.8) is 0 Å². The van der Waals surface area contributed by atoms with E-state index in [1.807, 2.05) is 12.1 Å². The number of benzene rings is 1. The first-order valence-corrected chi connectivity index (χ1v) is 10.3. The maximum absolute atomic E-state index is 6.28. The molecule has 5 rings (SSSR count). The molecule has 4 N–H and O–H groups in total. The molecule has 1 saturated carbocycles. The molecule has 0 atom stereocenters. The Hall–Kier alpha value is -2.09. The van der Waals surface area contributed by atoms with E-state index in [9.17, 15) is 0 Å². The van der Waals surface area contributed by atoms with Crippen molar-refractivity contribution in [1.29, 1.82) is 0 Å². The molecule has 2 aliphatic rings. The molecule has 0 unspecified atom stereocenters. The largest absolute Gasteiger partial charge is 0.351 e. The SMILES string of the molecule is NC1CCC(Nc2nc(N3CCc4cc(Cl)c(Cl)cc43)c3nc[nH]c3n2)CC1. The van der Waals surface area contributed by atoms with Crippen LogP contribution in [0.4, 0.5) is 17.5 Å². The molecule has 1 aliphatic carbocycles. The van der Waals surface area contributed by atoms with Crippen molar-refractivity contribution in [2.24, 2.45) is 5.73 Å². The van der Waals surface area contributed by atoms with Crippen LogP contribution in [0.3, 0.4) is 0 Å². The third-order valence-electron chi connectivity index (χ3n) is 5.64. The number of fused-ring (bicyclic) bond motifs is 2.